The summed E-state index contributed by atoms with van der Waals surface area (Å²) in [6, 6.07) is 2.73. The molecule has 0 spiro atoms. The standard InChI is InChI=1S/C11H20N4/c1-9-5-10(6-12)7-15(9)8-11-3-4-14(2)13-11/h3-4,9-10H,5-8,12H2,1-2H3. The van der Waals surface area contributed by atoms with Gasteiger partial charge in [0.05, 0.1) is 5.69 Å². The lowest BCUT2D eigenvalue weighted by atomic mass is 10.1. The van der Waals surface area contributed by atoms with E-state index in [1.54, 1.807) is 0 Å². The highest BCUT2D eigenvalue weighted by Crippen LogP contribution is 2.23. The summed E-state index contributed by atoms with van der Waals surface area (Å²) in [4.78, 5) is 2.47. The van der Waals surface area contributed by atoms with Crippen LogP contribution in [0.5, 0.6) is 0 Å². The van der Waals surface area contributed by atoms with Crippen molar-refractivity contribution in [3.63, 3.8) is 0 Å². The van der Waals surface area contributed by atoms with Gasteiger partial charge < -0.3 is 5.73 Å². The minimum absolute atomic E-state index is 0.639. The molecule has 2 rings (SSSR count). The molecule has 2 heterocycles. The largest absolute Gasteiger partial charge is 0.330 e. The SMILES string of the molecule is CC1CC(CN)CN1Cc1ccn(C)n1. The molecular weight excluding hydrogens is 188 g/mol. The molecule has 1 aliphatic heterocycles. The third kappa shape index (κ3) is 2.38. The highest BCUT2D eigenvalue weighted by molar-refractivity contribution is 5.00. The van der Waals surface area contributed by atoms with E-state index in [-0.39, 0.29) is 0 Å². The number of aromatic nitrogens is 2. The van der Waals surface area contributed by atoms with Crippen molar-refractivity contribution in [1.82, 2.24) is 14.7 Å². The molecule has 2 atom stereocenters. The van der Waals surface area contributed by atoms with Crippen molar-refractivity contribution in [2.24, 2.45) is 18.7 Å². The van der Waals surface area contributed by atoms with Gasteiger partial charge in [0.1, 0.15) is 0 Å². The van der Waals surface area contributed by atoms with Crippen LogP contribution in [-0.2, 0) is 13.6 Å². The molecule has 0 bridgehead atoms. The first kappa shape index (κ1) is 10.6. The summed E-state index contributed by atoms with van der Waals surface area (Å²) in [5.41, 5.74) is 6.86. The Morgan fingerprint density at radius 2 is 2.40 bits per heavy atom. The van der Waals surface area contributed by atoms with Crippen LogP contribution >= 0.6 is 0 Å². The summed E-state index contributed by atoms with van der Waals surface area (Å²) in [5, 5.41) is 4.40. The van der Waals surface area contributed by atoms with Crippen molar-refractivity contribution in [3.8, 4) is 0 Å². The number of hydrogen-bond acceptors (Lipinski definition) is 3. The highest BCUT2D eigenvalue weighted by Gasteiger charge is 2.28. The van der Waals surface area contributed by atoms with Gasteiger partial charge >= 0.3 is 0 Å². The molecule has 0 aliphatic carbocycles. The van der Waals surface area contributed by atoms with E-state index in [9.17, 15) is 0 Å². The third-order valence-electron chi connectivity index (χ3n) is 3.26. The Balaban J connectivity index is 1.95. The monoisotopic (exact) mass is 208 g/mol. The topological polar surface area (TPSA) is 47.1 Å². The molecule has 15 heavy (non-hydrogen) atoms. The smallest absolute Gasteiger partial charge is 0.0764 e. The van der Waals surface area contributed by atoms with Crippen molar-refractivity contribution in [2.75, 3.05) is 13.1 Å². The molecule has 1 saturated heterocycles. The molecule has 4 heteroatoms. The Morgan fingerprint density at radius 3 is 2.93 bits per heavy atom. The summed E-state index contributed by atoms with van der Waals surface area (Å²) < 4.78 is 1.86. The summed E-state index contributed by atoms with van der Waals surface area (Å²) in [6.45, 7) is 5.16. The molecular formula is C11H20N4. The lowest BCUT2D eigenvalue weighted by Gasteiger charge is -2.19. The summed E-state index contributed by atoms with van der Waals surface area (Å²) in [5.74, 6) is 0.670. The average molecular weight is 208 g/mol. The number of nitrogens with zero attached hydrogens (tertiary/aromatic N) is 3. The number of hydrogen-bond donors (Lipinski definition) is 1. The maximum atomic E-state index is 5.71. The lowest BCUT2D eigenvalue weighted by molar-refractivity contribution is 0.252. The van der Waals surface area contributed by atoms with Gasteiger partial charge in [-0.25, -0.2) is 0 Å². The van der Waals surface area contributed by atoms with Gasteiger partial charge in [0, 0.05) is 32.4 Å². The molecule has 1 aromatic heterocycles. The van der Waals surface area contributed by atoms with Gasteiger partial charge in [0.2, 0.25) is 0 Å². The van der Waals surface area contributed by atoms with Crippen molar-refractivity contribution in [3.05, 3.63) is 18.0 Å². The Kier molecular flexibility index (Phi) is 3.07. The normalized spacial score (nSPS) is 27.4. The van der Waals surface area contributed by atoms with Gasteiger partial charge in [0.15, 0.2) is 0 Å². The third-order valence-corrected chi connectivity index (χ3v) is 3.26. The fourth-order valence-electron chi connectivity index (χ4n) is 2.36. The van der Waals surface area contributed by atoms with E-state index in [1.165, 1.54) is 6.42 Å². The van der Waals surface area contributed by atoms with Gasteiger partial charge in [-0.1, -0.05) is 0 Å². The summed E-state index contributed by atoms with van der Waals surface area (Å²) >= 11 is 0. The van der Waals surface area contributed by atoms with Gasteiger partial charge in [-0.15, -0.1) is 0 Å². The van der Waals surface area contributed by atoms with Crippen LogP contribution in [0.2, 0.25) is 0 Å². The van der Waals surface area contributed by atoms with Gasteiger partial charge in [-0.2, -0.15) is 5.10 Å². The van der Waals surface area contributed by atoms with Gasteiger partial charge in [0.25, 0.3) is 0 Å². The first-order valence-corrected chi connectivity index (χ1v) is 5.61. The molecule has 0 saturated carbocycles. The molecule has 0 amide bonds. The second kappa shape index (κ2) is 4.33. The van der Waals surface area contributed by atoms with E-state index in [0.29, 0.717) is 12.0 Å². The maximum absolute atomic E-state index is 5.71. The van der Waals surface area contributed by atoms with Crippen LogP contribution in [0.4, 0.5) is 0 Å². The molecule has 2 N–H and O–H groups in total. The van der Waals surface area contributed by atoms with Gasteiger partial charge in [-0.3, -0.25) is 9.58 Å². The predicted octanol–water partition coefficient (Wildman–Crippen LogP) is 0.589. The van der Waals surface area contributed by atoms with E-state index < -0.39 is 0 Å². The van der Waals surface area contributed by atoms with Crippen LogP contribution in [0, 0.1) is 5.92 Å². The Bertz CT molecular complexity index is 320. The van der Waals surface area contributed by atoms with Crippen LogP contribution < -0.4 is 5.73 Å². The molecule has 2 unspecified atom stereocenters. The number of rotatable bonds is 3. The molecule has 84 valence electrons. The van der Waals surface area contributed by atoms with Crippen molar-refractivity contribution < 1.29 is 0 Å². The van der Waals surface area contributed by atoms with Crippen LogP contribution in [-0.4, -0.2) is 33.8 Å². The van der Waals surface area contributed by atoms with E-state index in [0.717, 1.165) is 25.3 Å². The Morgan fingerprint density at radius 1 is 1.60 bits per heavy atom. The molecule has 0 radical (unpaired) electrons. The second-order valence-corrected chi connectivity index (χ2v) is 4.60. The molecule has 1 aliphatic rings. The Hall–Kier alpha value is -0.870. The quantitative estimate of drug-likeness (QED) is 0.791. The first-order valence-electron chi connectivity index (χ1n) is 5.61. The second-order valence-electron chi connectivity index (χ2n) is 4.60. The maximum Gasteiger partial charge on any atom is 0.0764 e. The van der Waals surface area contributed by atoms with Crippen LogP contribution in [0.15, 0.2) is 12.3 Å². The minimum Gasteiger partial charge on any atom is -0.330 e. The fraction of sp³-hybridized carbons (Fsp3) is 0.727. The predicted molar refractivity (Wildman–Crippen MR) is 60.2 cm³/mol. The Labute approximate surface area is 91.1 Å². The van der Waals surface area contributed by atoms with Crippen LogP contribution in [0.25, 0.3) is 0 Å². The first-order chi connectivity index (χ1) is 7.19. The molecule has 4 nitrogen and oxygen atoms in total. The molecule has 0 aromatic carbocycles. The number of likely N-dealkylation sites (tertiary alicyclic amines) is 1. The van der Waals surface area contributed by atoms with Crippen molar-refractivity contribution in [2.45, 2.75) is 25.9 Å². The van der Waals surface area contributed by atoms with Crippen molar-refractivity contribution in [1.29, 1.82) is 0 Å². The average Bonchev–Trinajstić information content (AvgIpc) is 2.75. The number of aryl methyl sites for hydroxylation is 1. The zero-order valence-corrected chi connectivity index (χ0v) is 9.56. The van der Waals surface area contributed by atoms with E-state index in [4.69, 9.17) is 5.73 Å². The zero-order chi connectivity index (χ0) is 10.8. The van der Waals surface area contributed by atoms with Crippen LogP contribution in [0.3, 0.4) is 0 Å². The van der Waals surface area contributed by atoms with E-state index >= 15 is 0 Å². The van der Waals surface area contributed by atoms with E-state index in [2.05, 4.69) is 23.0 Å². The summed E-state index contributed by atoms with van der Waals surface area (Å²) in [6.07, 6.45) is 3.22. The zero-order valence-electron chi connectivity index (χ0n) is 9.56. The summed E-state index contributed by atoms with van der Waals surface area (Å²) in [7, 11) is 1.96. The van der Waals surface area contributed by atoms with E-state index in [1.807, 2.05) is 17.9 Å². The fourth-order valence-corrected chi connectivity index (χ4v) is 2.36. The van der Waals surface area contributed by atoms with Crippen molar-refractivity contribution >= 4 is 0 Å². The minimum atomic E-state index is 0.639. The highest BCUT2D eigenvalue weighted by atomic mass is 15.3. The molecule has 1 aromatic rings. The number of nitrogens with two attached hydrogens (primary N) is 1. The lowest BCUT2D eigenvalue weighted by Crippen LogP contribution is -2.27. The van der Waals surface area contributed by atoms with Gasteiger partial charge in [-0.05, 0) is 31.9 Å². The molecule has 1 fully saturated rings. The van der Waals surface area contributed by atoms with Crippen LogP contribution in [0.1, 0.15) is 19.0 Å².